The molecule has 2 aliphatic rings. The molecule has 2 unspecified atom stereocenters. The fourth-order valence-electron chi connectivity index (χ4n) is 3.59. The van der Waals surface area contributed by atoms with Crippen LogP contribution in [0, 0.1) is 11.3 Å². The van der Waals surface area contributed by atoms with Gasteiger partial charge in [0.2, 0.25) is 0 Å². The molecule has 0 spiro atoms. The molecule has 1 heterocycles. The molecule has 0 bridgehead atoms. The number of ether oxygens (including phenoxy) is 1. The molecule has 1 saturated carbocycles. The maximum absolute atomic E-state index is 12.1. The summed E-state index contributed by atoms with van der Waals surface area (Å²) in [5.74, 6) is -0.706. The van der Waals surface area contributed by atoms with E-state index < -0.39 is 17.5 Å². The topological polar surface area (TPSA) is 66.8 Å². The summed E-state index contributed by atoms with van der Waals surface area (Å²) >= 11 is 0. The highest BCUT2D eigenvalue weighted by molar-refractivity contribution is 5.78. The van der Waals surface area contributed by atoms with Gasteiger partial charge >= 0.3 is 12.1 Å². The zero-order valence-electron chi connectivity index (χ0n) is 11.8. The molecule has 1 aliphatic carbocycles. The summed E-state index contributed by atoms with van der Waals surface area (Å²) in [6.07, 6.45) is 2.07. The summed E-state index contributed by atoms with van der Waals surface area (Å²) in [4.78, 5) is 25.3. The maximum atomic E-state index is 12.1. The van der Waals surface area contributed by atoms with Crippen molar-refractivity contribution in [3.63, 3.8) is 0 Å². The lowest BCUT2D eigenvalue weighted by atomic mass is 9.81. The van der Waals surface area contributed by atoms with E-state index in [2.05, 4.69) is 0 Å². The number of amides is 1. The molecule has 2 fully saturated rings. The minimum absolute atomic E-state index is 0.0688. The van der Waals surface area contributed by atoms with Crippen LogP contribution in [0.1, 0.15) is 24.8 Å². The third-order valence-corrected chi connectivity index (χ3v) is 4.76. The van der Waals surface area contributed by atoms with Crippen molar-refractivity contribution in [2.45, 2.75) is 25.9 Å². The number of fused-ring (bicyclic) bond motifs is 1. The Labute approximate surface area is 123 Å². The van der Waals surface area contributed by atoms with Gasteiger partial charge in [-0.25, -0.2) is 4.79 Å². The molecular formula is C16H19NO4. The lowest BCUT2D eigenvalue weighted by Gasteiger charge is -2.23. The zero-order valence-corrected chi connectivity index (χ0v) is 11.8. The SMILES string of the molecule is O=C(OCc1ccccc1)N1CC2CCCC2(C(=O)O)C1. The van der Waals surface area contributed by atoms with E-state index in [1.54, 1.807) is 4.90 Å². The lowest BCUT2D eigenvalue weighted by Crippen LogP contribution is -2.37. The number of nitrogens with zero attached hydrogens (tertiary/aromatic N) is 1. The summed E-state index contributed by atoms with van der Waals surface area (Å²) in [5, 5.41) is 9.50. The van der Waals surface area contributed by atoms with Gasteiger partial charge < -0.3 is 14.7 Å². The summed E-state index contributed by atoms with van der Waals surface area (Å²) in [6, 6.07) is 9.48. The highest BCUT2D eigenvalue weighted by Crippen LogP contribution is 2.48. The van der Waals surface area contributed by atoms with E-state index in [1.165, 1.54) is 0 Å². The fraction of sp³-hybridized carbons (Fsp3) is 0.500. The van der Waals surface area contributed by atoms with Crippen LogP contribution < -0.4 is 0 Å². The van der Waals surface area contributed by atoms with Crippen molar-refractivity contribution in [1.29, 1.82) is 0 Å². The molecule has 1 amide bonds. The number of benzene rings is 1. The van der Waals surface area contributed by atoms with Gasteiger partial charge in [-0.1, -0.05) is 36.8 Å². The van der Waals surface area contributed by atoms with Crippen molar-refractivity contribution in [3.05, 3.63) is 35.9 Å². The Balaban J connectivity index is 1.61. The van der Waals surface area contributed by atoms with Gasteiger partial charge in [-0.05, 0) is 24.3 Å². The lowest BCUT2D eigenvalue weighted by molar-refractivity contribution is -0.149. The highest BCUT2D eigenvalue weighted by Gasteiger charge is 2.56. The number of carboxylic acid groups (broad SMARTS) is 1. The Morgan fingerprint density at radius 1 is 1.33 bits per heavy atom. The number of hydrogen-bond donors (Lipinski definition) is 1. The van der Waals surface area contributed by atoms with Crippen LogP contribution in [0.25, 0.3) is 0 Å². The molecule has 1 aromatic carbocycles. The van der Waals surface area contributed by atoms with E-state index in [4.69, 9.17) is 4.74 Å². The van der Waals surface area contributed by atoms with E-state index >= 15 is 0 Å². The molecule has 1 saturated heterocycles. The van der Waals surface area contributed by atoms with Gasteiger partial charge in [-0.2, -0.15) is 0 Å². The van der Waals surface area contributed by atoms with Crippen LogP contribution >= 0.6 is 0 Å². The number of hydrogen-bond acceptors (Lipinski definition) is 3. The van der Waals surface area contributed by atoms with Crippen molar-refractivity contribution in [2.75, 3.05) is 13.1 Å². The average Bonchev–Trinajstić information content (AvgIpc) is 3.03. The van der Waals surface area contributed by atoms with E-state index in [9.17, 15) is 14.7 Å². The van der Waals surface area contributed by atoms with Gasteiger partial charge in [-0.3, -0.25) is 4.79 Å². The Morgan fingerprint density at radius 3 is 2.76 bits per heavy atom. The van der Waals surface area contributed by atoms with E-state index in [-0.39, 0.29) is 19.1 Å². The van der Waals surface area contributed by atoms with Crippen LogP contribution in [0.5, 0.6) is 0 Å². The molecule has 21 heavy (non-hydrogen) atoms. The third-order valence-electron chi connectivity index (χ3n) is 4.76. The van der Waals surface area contributed by atoms with Crippen molar-refractivity contribution in [1.82, 2.24) is 4.90 Å². The number of carboxylic acids is 1. The predicted octanol–water partition coefficient (Wildman–Crippen LogP) is 2.51. The molecule has 5 nitrogen and oxygen atoms in total. The standard InChI is InChI=1S/C16H19NO4/c18-14(19)16-8-4-7-13(16)9-17(11-16)15(20)21-10-12-5-2-1-3-6-12/h1-3,5-6,13H,4,7-11H2,(H,18,19). The van der Waals surface area contributed by atoms with Crippen LogP contribution in [0.2, 0.25) is 0 Å². The number of likely N-dealkylation sites (tertiary alicyclic amines) is 1. The predicted molar refractivity (Wildman–Crippen MR) is 75.6 cm³/mol. The van der Waals surface area contributed by atoms with Gasteiger partial charge in [0.15, 0.2) is 0 Å². The minimum atomic E-state index is -0.775. The number of aliphatic carboxylic acids is 1. The van der Waals surface area contributed by atoms with Crippen LogP contribution in [0.4, 0.5) is 4.79 Å². The van der Waals surface area contributed by atoms with Crippen LogP contribution in [-0.4, -0.2) is 35.2 Å². The molecule has 0 aromatic heterocycles. The molecule has 1 aromatic rings. The van der Waals surface area contributed by atoms with Gasteiger partial charge in [-0.15, -0.1) is 0 Å². The van der Waals surface area contributed by atoms with Gasteiger partial charge in [0, 0.05) is 13.1 Å². The molecule has 112 valence electrons. The van der Waals surface area contributed by atoms with Crippen molar-refractivity contribution in [2.24, 2.45) is 11.3 Å². The van der Waals surface area contributed by atoms with Gasteiger partial charge in [0.1, 0.15) is 6.61 Å². The molecule has 5 heteroatoms. The van der Waals surface area contributed by atoms with E-state index in [0.717, 1.165) is 18.4 Å². The van der Waals surface area contributed by atoms with Gasteiger partial charge in [0.25, 0.3) is 0 Å². The van der Waals surface area contributed by atoms with Crippen molar-refractivity contribution >= 4 is 12.1 Å². The normalized spacial score (nSPS) is 27.4. The minimum Gasteiger partial charge on any atom is -0.481 e. The van der Waals surface area contributed by atoms with Crippen LogP contribution in [0.3, 0.4) is 0 Å². The number of carbonyl (C=O) groups is 2. The Morgan fingerprint density at radius 2 is 2.10 bits per heavy atom. The van der Waals surface area contributed by atoms with Crippen molar-refractivity contribution in [3.8, 4) is 0 Å². The first kappa shape index (κ1) is 13.9. The smallest absolute Gasteiger partial charge is 0.410 e. The van der Waals surface area contributed by atoms with Gasteiger partial charge in [0.05, 0.1) is 5.41 Å². The molecule has 3 rings (SSSR count). The summed E-state index contributed by atoms with van der Waals surface area (Å²) in [6.45, 7) is 1.00. The van der Waals surface area contributed by atoms with Crippen LogP contribution in [-0.2, 0) is 16.1 Å². The van der Waals surface area contributed by atoms with E-state index in [0.29, 0.717) is 13.0 Å². The first-order chi connectivity index (χ1) is 10.1. The molecule has 2 atom stereocenters. The third kappa shape index (κ3) is 2.48. The highest BCUT2D eigenvalue weighted by atomic mass is 16.6. The zero-order chi connectivity index (χ0) is 14.9. The second kappa shape index (κ2) is 5.39. The largest absolute Gasteiger partial charge is 0.481 e. The second-order valence-electron chi connectivity index (χ2n) is 5.97. The Bertz CT molecular complexity index is 544. The van der Waals surface area contributed by atoms with E-state index in [1.807, 2.05) is 30.3 Å². The first-order valence-corrected chi connectivity index (χ1v) is 7.31. The number of carbonyl (C=O) groups excluding carboxylic acids is 1. The molecule has 1 N–H and O–H groups in total. The average molecular weight is 289 g/mol. The van der Waals surface area contributed by atoms with Crippen LogP contribution in [0.15, 0.2) is 30.3 Å². The fourth-order valence-corrected chi connectivity index (χ4v) is 3.59. The summed E-state index contributed by atoms with van der Waals surface area (Å²) in [7, 11) is 0. The maximum Gasteiger partial charge on any atom is 0.410 e. The van der Waals surface area contributed by atoms with Crippen molar-refractivity contribution < 1.29 is 19.4 Å². The summed E-state index contributed by atoms with van der Waals surface area (Å²) in [5.41, 5.74) is 0.185. The first-order valence-electron chi connectivity index (χ1n) is 7.31. The Kier molecular flexibility index (Phi) is 3.57. The summed E-state index contributed by atoms with van der Waals surface area (Å²) < 4.78 is 5.30. The second-order valence-corrected chi connectivity index (χ2v) is 5.97. The Hall–Kier alpha value is -2.04. The number of rotatable bonds is 3. The molecule has 0 radical (unpaired) electrons. The quantitative estimate of drug-likeness (QED) is 0.928. The molecular weight excluding hydrogens is 270 g/mol. The molecule has 1 aliphatic heterocycles. The monoisotopic (exact) mass is 289 g/mol.